The van der Waals surface area contributed by atoms with Gasteiger partial charge in [0, 0.05) is 57.0 Å². The number of para-hydroxylation sites is 1. The van der Waals surface area contributed by atoms with Gasteiger partial charge in [-0.05, 0) is 87.5 Å². The number of hydrogen-bond donors (Lipinski definition) is 1. The number of benzene rings is 3. The summed E-state index contributed by atoms with van der Waals surface area (Å²) in [6.45, 7) is 8.63. The molecule has 4 rings (SSSR count). The molecule has 0 unspecified atom stereocenters. The Morgan fingerprint density at radius 1 is 0.933 bits per heavy atom. The second-order valence-corrected chi connectivity index (χ2v) is 10.6. The summed E-state index contributed by atoms with van der Waals surface area (Å²) in [6, 6.07) is 24.5. The van der Waals surface area contributed by atoms with E-state index in [4.69, 9.17) is 4.74 Å². The molecular weight excluding hydrogens is 564 g/mol. The van der Waals surface area contributed by atoms with Crippen LogP contribution in [-0.4, -0.2) is 63.8 Å². The maximum atomic E-state index is 13.0. The van der Waals surface area contributed by atoms with E-state index in [2.05, 4.69) is 21.8 Å². The summed E-state index contributed by atoms with van der Waals surface area (Å²) in [5, 5.41) is 3.20. The summed E-state index contributed by atoms with van der Waals surface area (Å²) >= 11 is 0. The number of ether oxygens (including phenoxy) is 1. The van der Waals surface area contributed by atoms with Crippen molar-refractivity contribution in [2.75, 3.05) is 55.5 Å². The van der Waals surface area contributed by atoms with Gasteiger partial charge >= 0.3 is 0 Å². The summed E-state index contributed by atoms with van der Waals surface area (Å²) in [5.74, 6) is 1.66. The van der Waals surface area contributed by atoms with Crippen LogP contribution in [0.2, 0.25) is 0 Å². The Kier molecular flexibility index (Phi) is 11.7. The number of carbonyl (C=O) groups is 2. The number of aliphatic imine (C=N–C) groups is 1. The molecule has 0 atom stereocenters. The molecule has 45 heavy (non-hydrogen) atoms. The van der Waals surface area contributed by atoms with Crippen LogP contribution in [0.25, 0.3) is 0 Å². The molecule has 1 heterocycles. The highest BCUT2D eigenvalue weighted by atomic mass is 16.5. The molecule has 0 radical (unpaired) electrons. The van der Waals surface area contributed by atoms with Crippen LogP contribution in [0.4, 0.5) is 17.1 Å². The molecule has 1 fully saturated rings. The first kappa shape index (κ1) is 32.8. The standard InChI is InChI=1S/C36H42N6O3/c1-6-38-36(35(28(2)37-3)40(5)29-19-21-33(22-20-29)45-32-16-8-7-9-17-32)42(27-43)31-15-12-14-30(26-31)39(4)34(44)18-13-25-41-23-10-11-24-41/h6-9,12-22,26-27,37H,1,10-11,23-25H2,2-5H3/b18-13+,35-28-,38-36?. The van der Waals surface area contributed by atoms with Crippen molar-refractivity contribution in [2.45, 2.75) is 19.8 Å². The van der Waals surface area contributed by atoms with Crippen molar-refractivity contribution >= 4 is 35.2 Å². The van der Waals surface area contributed by atoms with Crippen LogP contribution >= 0.6 is 0 Å². The van der Waals surface area contributed by atoms with Gasteiger partial charge in [0.25, 0.3) is 0 Å². The third kappa shape index (κ3) is 8.49. The summed E-state index contributed by atoms with van der Waals surface area (Å²) < 4.78 is 5.97. The van der Waals surface area contributed by atoms with Crippen LogP contribution in [-0.2, 0) is 9.59 Å². The lowest BCUT2D eigenvalue weighted by molar-refractivity contribution is -0.114. The third-order valence-corrected chi connectivity index (χ3v) is 7.68. The van der Waals surface area contributed by atoms with Crippen LogP contribution in [0.1, 0.15) is 19.8 Å². The van der Waals surface area contributed by atoms with Gasteiger partial charge in [0.05, 0.1) is 5.69 Å². The molecule has 3 aromatic rings. The molecule has 2 amide bonds. The van der Waals surface area contributed by atoms with E-state index < -0.39 is 0 Å². The van der Waals surface area contributed by atoms with Crippen molar-refractivity contribution in [1.82, 2.24) is 10.2 Å². The Bertz CT molecular complexity index is 1540. The van der Waals surface area contributed by atoms with Crippen molar-refractivity contribution in [3.05, 3.63) is 115 Å². The fourth-order valence-corrected chi connectivity index (χ4v) is 5.09. The number of hydrogen-bond acceptors (Lipinski definition) is 7. The molecule has 0 saturated carbocycles. The summed E-state index contributed by atoms with van der Waals surface area (Å²) in [7, 11) is 5.44. The van der Waals surface area contributed by atoms with Gasteiger partial charge in [-0.2, -0.15) is 0 Å². The Balaban J connectivity index is 1.59. The number of anilines is 3. The van der Waals surface area contributed by atoms with E-state index >= 15 is 0 Å². The number of rotatable bonds is 13. The predicted molar refractivity (Wildman–Crippen MR) is 184 cm³/mol. The Morgan fingerprint density at radius 3 is 2.24 bits per heavy atom. The number of likely N-dealkylation sites (tertiary alicyclic amines) is 1. The Hall–Kier alpha value is -5.15. The summed E-state index contributed by atoms with van der Waals surface area (Å²) in [5.41, 5.74) is 3.47. The lowest BCUT2D eigenvalue weighted by atomic mass is 10.2. The number of amidine groups is 1. The maximum Gasteiger partial charge on any atom is 0.250 e. The van der Waals surface area contributed by atoms with Crippen LogP contribution in [0.5, 0.6) is 11.5 Å². The molecule has 1 saturated heterocycles. The molecule has 0 bridgehead atoms. The predicted octanol–water partition coefficient (Wildman–Crippen LogP) is 6.19. The van der Waals surface area contributed by atoms with Crippen molar-refractivity contribution in [3.8, 4) is 11.5 Å². The van der Waals surface area contributed by atoms with Gasteiger partial charge in [0.15, 0.2) is 5.84 Å². The lowest BCUT2D eigenvalue weighted by Gasteiger charge is -2.30. The number of allylic oxidation sites excluding steroid dienone is 1. The number of likely N-dealkylation sites (N-methyl/N-ethyl adjacent to an activating group) is 2. The van der Waals surface area contributed by atoms with Gasteiger partial charge in [-0.1, -0.05) is 36.9 Å². The van der Waals surface area contributed by atoms with E-state index in [1.165, 1.54) is 23.9 Å². The molecule has 1 N–H and O–H groups in total. The quantitative estimate of drug-likeness (QED) is 0.108. The highest BCUT2D eigenvalue weighted by Crippen LogP contribution is 2.29. The molecule has 0 aliphatic carbocycles. The van der Waals surface area contributed by atoms with Gasteiger partial charge in [-0.25, -0.2) is 4.99 Å². The van der Waals surface area contributed by atoms with Gasteiger partial charge in [-0.15, -0.1) is 0 Å². The molecule has 9 nitrogen and oxygen atoms in total. The first-order chi connectivity index (χ1) is 21.9. The second kappa shape index (κ2) is 16.1. The fourth-order valence-electron chi connectivity index (χ4n) is 5.09. The zero-order chi connectivity index (χ0) is 32.2. The number of nitrogens with zero attached hydrogens (tertiary/aromatic N) is 5. The molecule has 0 spiro atoms. The van der Waals surface area contributed by atoms with Crippen LogP contribution < -0.4 is 24.8 Å². The highest BCUT2D eigenvalue weighted by Gasteiger charge is 2.24. The molecule has 0 aromatic heterocycles. The van der Waals surface area contributed by atoms with Crippen molar-refractivity contribution in [1.29, 1.82) is 0 Å². The molecule has 3 aromatic carbocycles. The Morgan fingerprint density at radius 2 is 1.60 bits per heavy atom. The zero-order valence-electron chi connectivity index (χ0n) is 26.5. The summed E-state index contributed by atoms with van der Waals surface area (Å²) in [4.78, 5) is 37.6. The van der Waals surface area contributed by atoms with E-state index in [1.807, 2.05) is 98.7 Å². The lowest BCUT2D eigenvalue weighted by Crippen LogP contribution is -2.39. The normalized spacial score (nSPS) is 14.1. The van der Waals surface area contributed by atoms with Crippen molar-refractivity contribution in [3.63, 3.8) is 0 Å². The van der Waals surface area contributed by atoms with Crippen LogP contribution in [0.3, 0.4) is 0 Å². The molecule has 1 aliphatic rings. The average molecular weight is 607 g/mol. The number of nitrogens with one attached hydrogen (secondary N) is 1. The van der Waals surface area contributed by atoms with E-state index in [0.29, 0.717) is 35.1 Å². The number of carbonyl (C=O) groups excluding carboxylic acids is 2. The van der Waals surface area contributed by atoms with Crippen molar-refractivity contribution < 1.29 is 14.3 Å². The van der Waals surface area contributed by atoms with E-state index in [9.17, 15) is 9.59 Å². The second-order valence-electron chi connectivity index (χ2n) is 10.6. The molecule has 9 heteroatoms. The number of amides is 2. The molecular formula is C36H42N6O3. The molecule has 1 aliphatic heterocycles. The first-order valence-electron chi connectivity index (χ1n) is 15.0. The van der Waals surface area contributed by atoms with E-state index in [0.717, 1.165) is 36.8 Å². The van der Waals surface area contributed by atoms with Crippen LogP contribution in [0, 0.1) is 0 Å². The van der Waals surface area contributed by atoms with Gasteiger partial charge in [0.1, 0.15) is 17.2 Å². The molecule has 234 valence electrons. The van der Waals surface area contributed by atoms with E-state index in [1.54, 1.807) is 30.2 Å². The average Bonchev–Trinajstić information content (AvgIpc) is 3.59. The first-order valence-corrected chi connectivity index (χ1v) is 15.0. The minimum Gasteiger partial charge on any atom is -0.457 e. The van der Waals surface area contributed by atoms with Gasteiger partial charge in [-0.3, -0.25) is 19.4 Å². The highest BCUT2D eigenvalue weighted by molar-refractivity contribution is 6.20. The minimum absolute atomic E-state index is 0.144. The zero-order valence-corrected chi connectivity index (χ0v) is 26.5. The van der Waals surface area contributed by atoms with E-state index in [-0.39, 0.29) is 5.91 Å². The SMILES string of the molecule is C=CN=C(/C(=C(\C)NC)N(C)c1ccc(Oc2ccccc2)cc1)N(C=O)c1cccc(N(C)C(=O)/C=C/CN2CCCC2)c1. The van der Waals surface area contributed by atoms with Crippen LogP contribution in [0.15, 0.2) is 120 Å². The maximum absolute atomic E-state index is 13.0. The third-order valence-electron chi connectivity index (χ3n) is 7.68. The topological polar surface area (TPSA) is 80.7 Å². The summed E-state index contributed by atoms with van der Waals surface area (Å²) in [6.07, 6.45) is 8.05. The van der Waals surface area contributed by atoms with Crippen molar-refractivity contribution in [2.24, 2.45) is 4.99 Å². The minimum atomic E-state index is -0.144. The Labute approximate surface area is 266 Å². The monoisotopic (exact) mass is 606 g/mol. The van der Waals surface area contributed by atoms with Gasteiger partial charge in [0.2, 0.25) is 12.3 Å². The smallest absolute Gasteiger partial charge is 0.250 e. The van der Waals surface area contributed by atoms with Gasteiger partial charge < -0.3 is 19.9 Å². The largest absolute Gasteiger partial charge is 0.457 e. The fraction of sp³-hybridized carbons (Fsp3) is 0.250.